The smallest absolute Gasteiger partial charge is 0.230 e. The van der Waals surface area contributed by atoms with Gasteiger partial charge >= 0.3 is 0 Å². The molecule has 130 valence electrons. The molecule has 3 aromatic carbocycles. The summed E-state index contributed by atoms with van der Waals surface area (Å²) < 4.78 is 19.6. The van der Waals surface area contributed by atoms with Gasteiger partial charge in [-0.05, 0) is 42.5 Å². The average Bonchev–Trinajstić information content (AvgIpc) is 3.11. The van der Waals surface area contributed by atoms with E-state index in [9.17, 15) is 4.39 Å². The number of aromatic nitrogens is 2. The van der Waals surface area contributed by atoms with E-state index in [2.05, 4.69) is 15.0 Å². The van der Waals surface area contributed by atoms with Crippen molar-refractivity contribution in [3.8, 4) is 11.4 Å². The first-order valence-electron chi connectivity index (χ1n) is 8.55. The van der Waals surface area contributed by atoms with Crippen LogP contribution >= 0.6 is 0 Å². The van der Waals surface area contributed by atoms with Crippen LogP contribution in [0.25, 0.3) is 33.4 Å². The van der Waals surface area contributed by atoms with Gasteiger partial charge in [0, 0.05) is 5.39 Å². The lowest BCUT2D eigenvalue weighted by molar-refractivity contribution is 0.546. The minimum Gasteiger partial charge on any atom is -0.438 e. The Labute approximate surface area is 153 Å². The van der Waals surface area contributed by atoms with Gasteiger partial charge < -0.3 is 9.40 Å². The van der Waals surface area contributed by atoms with Crippen LogP contribution in [0.5, 0.6) is 0 Å². The molecule has 5 rings (SSSR count). The summed E-state index contributed by atoms with van der Waals surface area (Å²) in [5.41, 5.74) is 4.06. The molecule has 0 atom stereocenters. The zero-order valence-corrected chi connectivity index (χ0v) is 14.2. The third-order valence-electron chi connectivity index (χ3n) is 4.34. The van der Waals surface area contributed by atoms with Gasteiger partial charge in [-0.15, -0.1) is 0 Å². The molecule has 27 heavy (non-hydrogen) atoms. The highest BCUT2D eigenvalue weighted by Gasteiger charge is 2.11. The molecule has 0 aliphatic heterocycles. The van der Waals surface area contributed by atoms with Crippen LogP contribution in [-0.2, 0) is 0 Å². The fourth-order valence-corrected chi connectivity index (χ4v) is 3.07. The maximum atomic E-state index is 13.6. The number of fused-ring (bicyclic) bond motifs is 2. The summed E-state index contributed by atoms with van der Waals surface area (Å²) in [6.45, 7) is 0. The highest BCUT2D eigenvalue weighted by molar-refractivity contribution is 5.83. The van der Waals surface area contributed by atoms with Crippen molar-refractivity contribution in [3.63, 3.8) is 0 Å². The highest BCUT2D eigenvalue weighted by Crippen LogP contribution is 2.23. The quantitative estimate of drug-likeness (QED) is 0.464. The predicted molar refractivity (Wildman–Crippen MR) is 103 cm³/mol. The number of para-hydroxylation sites is 3. The zero-order valence-electron chi connectivity index (χ0n) is 14.2. The number of nitrogens with zero attached hydrogens (tertiary/aromatic N) is 2. The highest BCUT2D eigenvalue weighted by atomic mass is 19.1. The summed E-state index contributed by atoms with van der Waals surface area (Å²) in [5, 5.41) is 0.936. The van der Waals surface area contributed by atoms with E-state index in [0.717, 1.165) is 16.4 Å². The van der Waals surface area contributed by atoms with E-state index in [0.29, 0.717) is 28.2 Å². The molecule has 0 amide bonds. The molecule has 0 aliphatic carbocycles. The molecular weight excluding hydrogens is 341 g/mol. The number of nitrogens with one attached hydrogen (secondary N) is 1. The standard InChI is InChI=1S/C22H14FN3O/c23-15-7-5-8-16(13-15)24-22-17(12-14-6-1-4-11-20(14)27-22)21-25-18-9-2-3-10-19(18)26-21/h1-13H,(H,25,26). The van der Waals surface area contributed by atoms with Gasteiger partial charge in [0.05, 0.1) is 22.3 Å². The van der Waals surface area contributed by atoms with Crippen LogP contribution in [0.1, 0.15) is 0 Å². The van der Waals surface area contributed by atoms with Crippen molar-refractivity contribution in [1.82, 2.24) is 9.97 Å². The molecule has 0 spiro atoms. The summed E-state index contributed by atoms with van der Waals surface area (Å²) in [6.07, 6.45) is 0. The van der Waals surface area contributed by atoms with E-state index in [1.54, 1.807) is 12.1 Å². The van der Waals surface area contributed by atoms with Gasteiger partial charge in [0.2, 0.25) is 5.55 Å². The number of H-pyrrole nitrogens is 1. The average molecular weight is 355 g/mol. The minimum absolute atomic E-state index is 0.345. The van der Waals surface area contributed by atoms with E-state index in [1.807, 2.05) is 54.6 Å². The lowest BCUT2D eigenvalue weighted by atomic mass is 10.2. The fraction of sp³-hybridized carbons (Fsp3) is 0. The molecule has 2 aromatic heterocycles. The van der Waals surface area contributed by atoms with Crippen LogP contribution < -0.4 is 5.55 Å². The van der Waals surface area contributed by atoms with E-state index in [-0.39, 0.29) is 5.82 Å². The Hall–Kier alpha value is -3.73. The Morgan fingerprint density at radius 2 is 1.74 bits per heavy atom. The van der Waals surface area contributed by atoms with Crippen LogP contribution in [0.2, 0.25) is 0 Å². The Bertz CT molecular complexity index is 1320. The maximum Gasteiger partial charge on any atom is 0.230 e. The molecule has 0 saturated carbocycles. The largest absolute Gasteiger partial charge is 0.438 e. The molecule has 0 radical (unpaired) electrons. The number of halogens is 1. The first kappa shape index (κ1) is 15.5. The number of benzene rings is 3. The van der Waals surface area contributed by atoms with Crippen LogP contribution in [0.3, 0.4) is 0 Å². The van der Waals surface area contributed by atoms with E-state index < -0.39 is 0 Å². The molecule has 5 aromatic rings. The van der Waals surface area contributed by atoms with Crippen molar-refractivity contribution >= 4 is 27.7 Å². The second kappa shape index (κ2) is 6.21. The van der Waals surface area contributed by atoms with Crippen molar-refractivity contribution < 1.29 is 8.81 Å². The van der Waals surface area contributed by atoms with Crippen LogP contribution in [0, 0.1) is 5.82 Å². The van der Waals surface area contributed by atoms with Gasteiger partial charge in [0.1, 0.15) is 17.2 Å². The van der Waals surface area contributed by atoms with Crippen LogP contribution in [0.4, 0.5) is 10.1 Å². The minimum atomic E-state index is -0.345. The molecule has 0 bridgehead atoms. The summed E-state index contributed by atoms with van der Waals surface area (Å²) in [6, 6.07) is 23.6. The topological polar surface area (TPSA) is 54.2 Å². The van der Waals surface area contributed by atoms with Crippen LogP contribution in [-0.4, -0.2) is 9.97 Å². The number of imidazole rings is 1. The third-order valence-corrected chi connectivity index (χ3v) is 4.34. The Morgan fingerprint density at radius 3 is 2.63 bits per heavy atom. The van der Waals surface area contributed by atoms with E-state index >= 15 is 0 Å². The second-order valence-electron chi connectivity index (χ2n) is 6.20. The first-order valence-corrected chi connectivity index (χ1v) is 8.55. The molecule has 4 nitrogen and oxygen atoms in total. The van der Waals surface area contributed by atoms with Gasteiger partial charge in [-0.2, -0.15) is 0 Å². The Kier molecular flexibility index (Phi) is 3.57. The number of hydrogen-bond donors (Lipinski definition) is 1. The van der Waals surface area contributed by atoms with Crippen molar-refractivity contribution in [2.75, 3.05) is 0 Å². The number of hydrogen-bond acceptors (Lipinski definition) is 3. The molecule has 0 aliphatic rings. The third kappa shape index (κ3) is 2.89. The van der Waals surface area contributed by atoms with Crippen molar-refractivity contribution in [1.29, 1.82) is 0 Å². The first-order chi connectivity index (χ1) is 13.3. The van der Waals surface area contributed by atoms with E-state index in [4.69, 9.17) is 4.42 Å². The number of rotatable bonds is 2. The predicted octanol–water partition coefficient (Wildman–Crippen LogP) is 5.35. The monoisotopic (exact) mass is 355 g/mol. The van der Waals surface area contributed by atoms with Crippen molar-refractivity contribution in [2.45, 2.75) is 0 Å². The Balaban J connectivity index is 1.81. The van der Waals surface area contributed by atoms with Gasteiger partial charge in [-0.1, -0.05) is 36.4 Å². The zero-order chi connectivity index (χ0) is 18.2. The molecule has 0 saturated heterocycles. The molecule has 5 heteroatoms. The van der Waals surface area contributed by atoms with Crippen molar-refractivity contribution in [2.24, 2.45) is 4.99 Å². The van der Waals surface area contributed by atoms with Crippen LogP contribution in [0.15, 0.2) is 88.3 Å². The Morgan fingerprint density at radius 1 is 0.889 bits per heavy atom. The lowest BCUT2D eigenvalue weighted by Crippen LogP contribution is -2.06. The molecular formula is C22H14FN3O. The SMILES string of the molecule is Fc1cccc(N=c2oc3ccccc3cc2-c2nc3ccccc3[nH]2)c1. The summed E-state index contributed by atoms with van der Waals surface area (Å²) >= 11 is 0. The van der Waals surface area contributed by atoms with Gasteiger partial charge in [0.15, 0.2) is 0 Å². The molecule has 1 N–H and O–H groups in total. The lowest BCUT2D eigenvalue weighted by Gasteiger charge is -2.03. The molecule has 0 unspecified atom stereocenters. The summed E-state index contributed by atoms with van der Waals surface area (Å²) in [7, 11) is 0. The van der Waals surface area contributed by atoms with Gasteiger partial charge in [0.25, 0.3) is 0 Å². The molecule has 0 fully saturated rings. The second-order valence-corrected chi connectivity index (χ2v) is 6.20. The number of aromatic amines is 1. The van der Waals surface area contributed by atoms with Gasteiger partial charge in [-0.3, -0.25) is 0 Å². The summed E-state index contributed by atoms with van der Waals surface area (Å²) in [5.74, 6) is 0.309. The molecule has 2 heterocycles. The van der Waals surface area contributed by atoms with E-state index in [1.165, 1.54) is 12.1 Å². The van der Waals surface area contributed by atoms with Crippen molar-refractivity contribution in [3.05, 3.63) is 90.2 Å². The normalized spacial score (nSPS) is 12.1. The van der Waals surface area contributed by atoms with Gasteiger partial charge in [-0.25, -0.2) is 14.4 Å². The maximum absolute atomic E-state index is 13.6. The fourth-order valence-electron chi connectivity index (χ4n) is 3.07. The summed E-state index contributed by atoms with van der Waals surface area (Å²) in [4.78, 5) is 12.5.